The molecule has 0 spiro atoms. The first-order valence-electron chi connectivity index (χ1n) is 7.87. The molecule has 0 aliphatic rings. The summed E-state index contributed by atoms with van der Waals surface area (Å²) in [5, 5.41) is 11.3. The predicted molar refractivity (Wildman–Crippen MR) is 91.9 cm³/mol. The number of aryl methyl sites for hydroxylation is 2. The zero-order chi connectivity index (χ0) is 16.9. The van der Waals surface area contributed by atoms with E-state index in [0.717, 1.165) is 22.4 Å². The van der Waals surface area contributed by atoms with Gasteiger partial charge in [-0.2, -0.15) is 0 Å². The van der Waals surface area contributed by atoms with Gasteiger partial charge in [-0.05, 0) is 44.0 Å². The van der Waals surface area contributed by atoms with Crippen molar-refractivity contribution < 1.29 is 9.15 Å². The minimum absolute atomic E-state index is 0.381. The van der Waals surface area contributed by atoms with E-state index in [-0.39, 0.29) is 0 Å². The Kier molecular flexibility index (Phi) is 4.74. The minimum Gasteiger partial charge on any atom is -0.492 e. The molecule has 124 valence electrons. The van der Waals surface area contributed by atoms with Gasteiger partial charge in [-0.1, -0.05) is 22.8 Å². The monoisotopic (exact) mass is 324 g/mol. The number of aromatic nitrogens is 3. The summed E-state index contributed by atoms with van der Waals surface area (Å²) < 4.78 is 11.1. The van der Waals surface area contributed by atoms with Crippen molar-refractivity contribution in [2.75, 3.05) is 11.9 Å². The summed E-state index contributed by atoms with van der Waals surface area (Å²) in [5.41, 5.74) is 4.24. The maximum Gasteiger partial charge on any atom is 0.316 e. The Labute approximate surface area is 140 Å². The minimum atomic E-state index is 0.381. The Hall–Kier alpha value is -2.89. The molecule has 3 aromatic rings. The fraction of sp³-hybridized carbons (Fsp3) is 0.278. The highest BCUT2D eigenvalue weighted by Crippen LogP contribution is 2.24. The summed E-state index contributed by atoms with van der Waals surface area (Å²) >= 11 is 0. The van der Waals surface area contributed by atoms with E-state index in [4.69, 9.17) is 9.15 Å². The van der Waals surface area contributed by atoms with Crippen molar-refractivity contribution in [3.8, 4) is 17.2 Å². The van der Waals surface area contributed by atoms with E-state index in [2.05, 4.69) is 33.5 Å². The van der Waals surface area contributed by atoms with Crippen LogP contribution < -0.4 is 10.1 Å². The molecule has 0 amide bonds. The van der Waals surface area contributed by atoms with Gasteiger partial charge in [0.25, 0.3) is 0 Å². The molecule has 0 aliphatic heterocycles. The molecule has 0 fully saturated rings. The van der Waals surface area contributed by atoms with Gasteiger partial charge in [0.05, 0.1) is 12.8 Å². The first kappa shape index (κ1) is 16.0. The molecule has 0 saturated carbocycles. The van der Waals surface area contributed by atoms with E-state index in [1.807, 2.05) is 32.0 Å². The van der Waals surface area contributed by atoms with E-state index in [9.17, 15) is 0 Å². The molecule has 2 aromatic heterocycles. The molecule has 6 nitrogen and oxygen atoms in total. The highest BCUT2D eigenvalue weighted by molar-refractivity contribution is 5.59. The van der Waals surface area contributed by atoms with Crippen molar-refractivity contribution >= 4 is 6.01 Å². The zero-order valence-corrected chi connectivity index (χ0v) is 14.0. The van der Waals surface area contributed by atoms with Crippen molar-refractivity contribution in [3.63, 3.8) is 0 Å². The van der Waals surface area contributed by atoms with Crippen LogP contribution in [-0.4, -0.2) is 21.8 Å². The average molecular weight is 324 g/mol. The Morgan fingerprint density at radius 2 is 2.00 bits per heavy atom. The van der Waals surface area contributed by atoms with Gasteiger partial charge in [0.15, 0.2) is 0 Å². The first-order valence-corrected chi connectivity index (χ1v) is 7.87. The Balaban J connectivity index is 1.69. The number of nitrogens with one attached hydrogen (secondary N) is 1. The molecule has 0 unspecified atom stereocenters. The number of ether oxygens (including phenoxy) is 1. The largest absolute Gasteiger partial charge is 0.492 e. The fourth-order valence-electron chi connectivity index (χ4n) is 2.44. The van der Waals surface area contributed by atoms with Crippen molar-refractivity contribution in [3.05, 3.63) is 53.3 Å². The maximum atomic E-state index is 5.70. The van der Waals surface area contributed by atoms with E-state index < -0.39 is 0 Å². The number of nitrogens with zero attached hydrogens (tertiary/aromatic N) is 3. The second kappa shape index (κ2) is 7.12. The van der Waals surface area contributed by atoms with Crippen molar-refractivity contribution in [1.82, 2.24) is 15.2 Å². The van der Waals surface area contributed by atoms with Gasteiger partial charge in [0.1, 0.15) is 5.75 Å². The molecule has 1 aromatic carbocycles. The van der Waals surface area contributed by atoms with Crippen molar-refractivity contribution in [2.45, 2.75) is 27.3 Å². The zero-order valence-electron chi connectivity index (χ0n) is 14.0. The number of benzene rings is 1. The summed E-state index contributed by atoms with van der Waals surface area (Å²) in [4.78, 5) is 4.16. The van der Waals surface area contributed by atoms with Gasteiger partial charge >= 0.3 is 6.01 Å². The summed E-state index contributed by atoms with van der Waals surface area (Å²) in [7, 11) is 0. The van der Waals surface area contributed by atoms with E-state index >= 15 is 0 Å². The van der Waals surface area contributed by atoms with Crippen LogP contribution in [0, 0.1) is 13.8 Å². The van der Waals surface area contributed by atoms with Crippen LogP contribution in [0.5, 0.6) is 5.75 Å². The van der Waals surface area contributed by atoms with Crippen LogP contribution >= 0.6 is 0 Å². The second-order valence-corrected chi connectivity index (χ2v) is 5.55. The standard InChI is InChI=1S/C18H20N4O2/c1-4-23-15-8-14(9-19-11-15)10-20-18-22-21-17(24-18)16-6-5-12(2)7-13(16)3/h5-9,11H,4,10H2,1-3H3,(H,20,22). The summed E-state index contributed by atoms with van der Waals surface area (Å²) in [6.45, 7) is 7.17. The SMILES string of the molecule is CCOc1cncc(CNc2nnc(-c3ccc(C)cc3C)o2)c1. The summed E-state index contributed by atoms with van der Waals surface area (Å²) in [6.07, 6.45) is 3.47. The van der Waals surface area contributed by atoms with Gasteiger partial charge < -0.3 is 14.5 Å². The molecule has 3 rings (SSSR count). The Bertz CT molecular complexity index is 829. The third-order valence-electron chi connectivity index (χ3n) is 3.56. The molecule has 1 N–H and O–H groups in total. The first-order chi connectivity index (χ1) is 11.7. The number of hydrogen-bond donors (Lipinski definition) is 1. The van der Waals surface area contributed by atoms with Crippen LogP contribution in [0.2, 0.25) is 0 Å². The third-order valence-corrected chi connectivity index (χ3v) is 3.56. The Morgan fingerprint density at radius 3 is 2.79 bits per heavy atom. The number of rotatable bonds is 6. The van der Waals surface area contributed by atoms with Gasteiger partial charge in [-0.15, -0.1) is 5.10 Å². The quantitative estimate of drug-likeness (QED) is 0.744. The molecule has 0 bridgehead atoms. The van der Waals surface area contributed by atoms with Crippen LogP contribution in [0.1, 0.15) is 23.6 Å². The number of anilines is 1. The van der Waals surface area contributed by atoms with Crippen LogP contribution in [0.3, 0.4) is 0 Å². The van der Waals surface area contributed by atoms with Crippen molar-refractivity contribution in [2.24, 2.45) is 0 Å². The van der Waals surface area contributed by atoms with E-state index in [1.165, 1.54) is 5.56 Å². The van der Waals surface area contributed by atoms with Gasteiger partial charge in [0, 0.05) is 18.3 Å². The molecular formula is C18H20N4O2. The van der Waals surface area contributed by atoms with Gasteiger partial charge in [0.2, 0.25) is 5.89 Å². The fourth-order valence-corrected chi connectivity index (χ4v) is 2.44. The van der Waals surface area contributed by atoms with E-state index in [0.29, 0.717) is 25.1 Å². The lowest BCUT2D eigenvalue weighted by Crippen LogP contribution is -2.01. The normalized spacial score (nSPS) is 10.6. The molecular weight excluding hydrogens is 304 g/mol. The lowest BCUT2D eigenvalue weighted by molar-refractivity contribution is 0.338. The highest BCUT2D eigenvalue weighted by Gasteiger charge is 2.11. The van der Waals surface area contributed by atoms with Crippen LogP contribution in [0.25, 0.3) is 11.5 Å². The molecule has 0 saturated heterocycles. The number of pyridine rings is 1. The molecule has 0 aliphatic carbocycles. The molecule has 24 heavy (non-hydrogen) atoms. The average Bonchev–Trinajstić information content (AvgIpc) is 3.02. The summed E-state index contributed by atoms with van der Waals surface area (Å²) in [5.74, 6) is 1.26. The summed E-state index contributed by atoms with van der Waals surface area (Å²) in [6, 6.07) is 8.44. The second-order valence-electron chi connectivity index (χ2n) is 5.55. The topological polar surface area (TPSA) is 73.1 Å². The predicted octanol–water partition coefficient (Wildman–Crippen LogP) is 3.76. The van der Waals surface area contributed by atoms with Gasteiger partial charge in [-0.3, -0.25) is 4.98 Å². The van der Waals surface area contributed by atoms with Crippen LogP contribution in [0.15, 0.2) is 41.1 Å². The van der Waals surface area contributed by atoms with Gasteiger partial charge in [-0.25, -0.2) is 0 Å². The lowest BCUT2D eigenvalue weighted by Gasteiger charge is -2.05. The number of hydrogen-bond acceptors (Lipinski definition) is 6. The van der Waals surface area contributed by atoms with Crippen molar-refractivity contribution in [1.29, 1.82) is 0 Å². The smallest absolute Gasteiger partial charge is 0.316 e. The molecule has 0 radical (unpaired) electrons. The lowest BCUT2D eigenvalue weighted by atomic mass is 10.1. The highest BCUT2D eigenvalue weighted by atomic mass is 16.5. The maximum absolute atomic E-state index is 5.70. The van der Waals surface area contributed by atoms with E-state index in [1.54, 1.807) is 12.4 Å². The van der Waals surface area contributed by atoms with Crippen LogP contribution in [-0.2, 0) is 6.54 Å². The molecule has 0 atom stereocenters. The Morgan fingerprint density at radius 1 is 1.12 bits per heavy atom. The molecule has 2 heterocycles. The molecule has 6 heteroatoms. The third kappa shape index (κ3) is 3.71. The van der Waals surface area contributed by atoms with Crippen LogP contribution in [0.4, 0.5) is 6.01 Å².